The zero-order chi connectivity index (χ0) is 10.6. The van der Waals surface area contributed by atoms with Gasteiger partial charge in [-0.05, 0) is 24.6 Å². The fourth-order valence-corrected chi connectivity index (χ4v) is 1.18. The maximum Gasteiger partial charge on any atom is 0.126 e. The van der Waals surface area contributed by atoms with E-state index in [2.05, 4.69) is 4.99 Å². The van der Waals surface area contributed by atoms with Crippen LogP contribution in [0.1, 0.15) is 12.5 Å². The van der Waals surface area contributed by atoms with Crippen molar-refractivity contribution in [3.8, 4) is 0 Å². The Balaban J connectivity index is 2.81. The Morgan fingerprint density at radius 1 is 1.29 bits per heavy atom. The molecule has 0 atom stereocenters. The molecule has 1 aromatic carbocycles. The average Bonchev–Trinajstić information content (AvgIpc) is 2.01. The van der Waals surface area contributed by atoms with Crippen LogP contribution in [-0.2, 0) is 6.42 Å². The van der Waals surface area contributed by atoms with Crippen LogP contribution in [0.5, 0.6) is 0 Å². The number of hydrogen-bond acceptors (Lipinski definition) is 1. The van der Waals surface area contributed by atoms with Gasteiger partial charge in [0.1, 0.15) is 11.6 Å². The van der Waals surface area contributed by atoms with Gasteiger partial charge in [-0.3, -0.25) is 4.99 Å². The van der Waals surface area contributed by atoms with Crippen LogP contribution < -0.4 is 5.73 Å². The minimum atomic E-state index is -0.593. The van der Waals surface area contributed by atoms with E-state index in [1.165, 1.54) is 12.1 Å². The highest BCUT2D eigenvalue weighted by Gasteiger charge is 2.01. The zero-order valence-electron chi connectivity index (χ0n) is 7.93. The van der Waals surface area contributed by atoms with E-state index >= 15 is 0 Å². The molecule has 2 N–H and O–H groups in total. The fraction of sp³-hybridized carbons (Fsp3) is 0.300. The number of rotatable bonds is 3. The summed E-state index contributed by atoms with van der Waals surface area (Å²) in [5.74, 6) is -0.800. The summed E-state index contributed by atoms with van der Waals surface area (Å²) in [5.41, 5.74) is 6.02. The second-order valence-corrected chi connectivity index (χ2v) is 2.92. The molecular formula is C10H12F2N2. The van der Waals surface area contributed by atoms with Crippen molar-refractivity contribution in [2.45, 2.75) is 13.3 Å². The minimum absolute atomic E-state index is 0.280. The first-order valence-corrected chi connectivity index (χ1v) is 4.35. The molecule has 1 aromatic rings. The first kappa shape index (κ1) is 10.6. The fourth-order valence-electron chi connectivity index (χ4n) is 1.18. The van der Waals surface area contributed by atoms with Crippen LogP contribution in [0.25, 0.3) is 0 Å². The Labute approximate surface area is 81.5 Å². The second kappa shape index (κ2) is 4.69. The molecule has 14 heavy (non-hydrogen) atoms. The molecule has 0 bridgehead atoms. The third kappa shape index (κ3) is 3.12. The summed E-state index contributed by atoms with van der Waals surface area (Å²) in [5, 5.41) is 0. The minimum Gasteiger partial charge on any atom is -0.387 e. The van der Waals surface area contributed by atoms with Crippen molar-refractivity contribution in [1.29, 1.82) is 0 Å². The van der Waals surface area contributed by atoms with Crippen molar-refractivity contribution in [2.75, 3.05) is 6.54 Å². The first-order chi connectivity index (χ1) is 6.61. The van der Waals surface area contributed by atoms with Gasteiger partial charge in [-0.1, -0.05) is 0 Å². The predicted octanol–water partition coefficient (Wildman–Crippen LogP) is 1.88. The van der Waals surface area contributed by atoms with E-state index in [1.807, 2.05) is 6.92 Å². The number of aliphatic imine (C=N–C) groups is 1. The Hall–Kier alpha value is -1.45. The van der Waals surface area contributed by atoms with Crippen LogP contribution in [0, 0.1) is 11.6 Å². The number of amidine groups is 1. The molecule has 0 fully saturated rings. The lowest BCUT2D eigenvalue weighted by atomic mass is 10.1. The summed E-state index contributed by atoms with van der Waals surface area (Å²) in [7, 11) is 0. The summed E-state index contributed by atoms with van der Waals surface area (Å²) in [6.45, 7) is 2.42. The summed E-state index contributed by atoms with van der Waals surface area (Å²) in [4.78, 5) is 3.93. The van der Waals surface area contributed by atoms with Gasteiger partial charge in [0, 0.05) is 19.0 Å². The molecule has 0 radical (unpaired) electrons. The molecule has 1 rings (SSSR count). The molecular weight excluding hydrogens is 186 g/mol. The van der Waals surface area contributed by atoms with Gasteiger partial charge >= 0.3 is 0 Å². The molecule has 0 aliphatic carbocycles. The van der Waals surface area contributed by atoms with E-state index in [9.17, 15) is 8.78 Å². The highest BCUT2D eigenvalue weighted by molar-refractivity contribution is 5.82. The Morgan fingerprint density at radius 2 is 1.86 bits per heavy atom. The number of hydrogen-bond donors (Lipinski definition) is 1. The van der Waals surface area contributed by atoms with Gasteiger partial charge in [-0.2, -0.15) is 0 Å². The van der Waals surface area contributed by atoms with Gasteiger partial charge in [0.2, 0.25) is 0 Å². The number of nitrogens with two attached hydrogens (primary N) is 1. The summed E-state index contributed by atoms with van der Waals surface area (Å²) < 4.78 is 25.5. The molecule has 0 heterocycles. The molecule has 0 unspecified atom stereocenters. The molecule has 0 amide bonds. The van der Waals surface area contributed by atoms with Crippen LogP contribution in [-0.4, -0.2) is 12.4 Å². The van der Waals surface area contributed by atoms with Crippen molar-refractivity contribution in [3.63, 3.8) is 0 Å². The molecule has 0 saturated carbocycles. The number of benzene rings is 1. The Kier molecular flexibility index (Phi) is 3.56. The first-order valence-electron chi connectivity index (χ1n) is 4.35. The van der Waals surface area contributed by atoms with Crippen molar-refractivity contribution < 1.29 is 8.78 Å². The lowest BCUT2D eigenvalue weighted by Gasteiger charge is -2.01. The quantitative estimate of drug-likeness (QED) is 0.584. The summed E-state index contributed by atoms with van der Waals surface area (Å²) in [6.07, 6.45) is 0.280. The van der Waals surface area contributed by atoms with Crippen LogP contribution in [0.15, 0.2) is 23.2 Å². The number of halogens is 2. The van der Waals surface area contributed by atoms with Crippen molar-refractivity contribution in [2.24, 2.45) is 10.7 Å². The maximum atomic E-state index is 12.7. The van der Waals surface area contributed by atoms with Crippen LogP contribution >= 0.6 is 0 Å². The van der Waals surface area contributed by atoms with E-state index in [4.69, 9.17) is 5.73 Å². The van der Waals surface area contributed by atoms with Gasteiger partial charge in [-0.15, -0.1) is 0 Å². The standard InChI is InChI=1S/C10H12F2N2/c1-2-14-10(13)5-7-3-8(11)6-9(12)4-7/h3-4,6H,2,5H2,1H3,(H2,13,14). The Bertz CT molecular complexity index is 328. The van der Waals surface area contributed by atoms with Crippen LogP contribution in [0.3, 0.4) is 0 Å². The zero-order valence-corrected chi connectivity index (χ0v) is 7.93. The maximum absolute atomic E-state index is 12.7. The van der Waals surface area contributed by atoms with Gasteiger partial charge in [0.15, 0.2) is 0 Å². The number of nitrogens with zero attached hydrogens (tertiary/aromatic N) is 1. The monoisotopic (exact) mass is 198 g/mol. The van der Waals surface area contributed by atoms with Crippen molar-refractivity contribution in [1.82, 2.24) is 0 Å². The van der Waals surface area contributed by atoms with Gasteiger partial charge in [-0.25, -0.2) is 8.78 Å². The third-order valence-electron chi connectivity index (χ3n) is 1.67. The molecule has 4 heteroatoms. The Morgan fingerprint density at radius 3 is 2.36 bits per heavy atom. The van der Waals surface area contributed by atoms with Crippen molar-refractivity contribution >= 4 is 5.84 Å². The van der Waals surface area contributed by atoms with E-state index in [0.29, 0.717) is 17.9 Å². The normalized spacial score (nSPS) is 11.8. The summed E-state index contributed by atoms with van der Waals surface area (Å²) in [6, 6.07) is 3.33. The lowest BCUT2D eigenvalue weighted by Crippen LogP contribution is -2.15. The SMILES string of the molecule is CCN=C(N)Cc1cc(F)cc(F)c1. The third-order valence-corrected chi connectivity index (χ3v) is 1.67. The van der Waals surface area contributed by atoms with Gasteiger partial charge < -0.3 is 5.73 Å². The highest BCUT2D eigenvalue weighted by Crippen LogP contribution is 2.08. The second-order valence-electron chi connectivity index (χ2n) is 2.92. The molecule has 0 saturated heterocycles. The van der Waals surface area contributed by atoms with E-state index < -0.39 is 11.6 Å². The van der Waals surface area contributed by atoms with Gasteiger partial charge in [0.25, 0.3) is 0 Å². The van der Waals surface area contributed by atoms with Crippen LogP contribution in [0.2, 0.25) is 0 Å². The lowest BCUT2D eigenvalue weighted by molar-refractivity contribution is 0.581. The molecule has 76 valence electrons. The van der Waals surface area contributed by atoms with E-state index in [-0.39, 0.29) is 6.42 Å². The smallest absolute Gasteiger partial charge is 0.126 e. The van der Waals surface area contributed by atoms with E-state index in [0.717, 1.165) is 6.07 Å². The van der Waals surface area contributed by atoms with Gasteiger partial charge in [0.05, 0.1) is 5.84 Å². The highest BCUT2D eigenvalue weighted by atomic mass is 19.1. The molecule has 0 aliphatic rings. The van der Waals surface area contributed by atoms with Crippen molar-refractivity contribution in [3.05, 3.63) is 35.4 Å². The largest absolute Gasteiger partial charge is 0.387 e. The molecule has 0 aromatic heterocycles. The van der Waals surface area contributed by atoms with E-state index in [1.54, 1.807) is 0 Å². The molecule has 2 nitrogen and oxygen atoms in total. The summed E-state index contributed by atoms with van der Waals surface area (Å²) >= 11 is 0. The molecule has 0 aliphatic heterocycles. The predicted molar refractivity (Wildman–Crippen MR) is 52.2 cm³/mol. The van der Waals surface area contributed by atoms with Crippen LogP contribution in [0.4, 0.5) is 8.78 Å². The topological polar surface area (TPSA) is 38.4 Å². The molecule has 0 spiro atoms. The average molecular weight is 198 g/mol.